The predicted molar refractivity (Wildman–Crippen MR) is 75.0 cm³/mol. The number of amidine groups is 1. The van der Waals surface area contributed by atoms with Crippen molar-refractivity contribution in [3.63, 3.8) is 0 Å². The van der Waals surface area contributed by atoms with Crippen LogP contribution in [0.4, 0.5) is 5.82 Å². The lowest BCUT2D eigenvalue weighted by molar-refractivity contribution is -0.0573. The molecular formula is C13H20N4O3. The first-order chi connectivity index (χ1) is 9.54. The van der Waals surface area contributed by atoms with Crippen molar-refractivity contribution in [1.82, 2.24) is 4.98 Å². The van der Waals surface area contributed by atoms with Gasteiger partial charge in [0.25, 0.3) is 0 Å². The number of aromatic nitrogens is 1. The van der Waals surface area contributed by atoms with Gasteiger partial charge in [0, 0.05) is 39.6 Å². The third-order valence-electron chi connectivity index (χ3n) is 3.45. The largest absolute Gasteiger partial charge is 0.409 e. The molecule has 0 aliphatic carbocycles. The maximum atomic E-state index is 10.5. The highest BCUT2D eigenvalue weighted by molar-refractivity contribution is 5.95. The smallest absolute Gasteiger partial charge is 0.188 e. The van der Waals surface area contributed by atoms with Crippen molar-refractivity contribution in [3.05, 3.63) is 23.9 Å². The summed E-state index contributed by atoms with van der Waals surface area (Å²) < 4.78 is 5.26. The van der Waals surface area contributed by atoms with E-state index < -0.39 is 5.60 Å². The highest BCUT2D eigenvalue weighted by Gasteiger charge is 2.31. The van der Waals surface area contributed by atoms with E-state index in [-0.39, 0.29) is 5.84 Å². The van der Waals surface area contributed by atoms with Gasteiger partial charge in [0.2, 0.25) is 0 Å². The van der Waals surface area contributed by atoms with E-state index in [1.54, 1.807) is 12.1 Å². The second-order valence-corrected chi connectivity index (χ2v) is 5.06. The summed E-state index contributed by atoms with van der Waals surface area (Å²) in [6.07, 6.45) is 1.22. The molecule has 1 saturated heterocycles. The molecule has 7 nitrogen and oxygen atoms in total. The first-order valence-corrected chi connectivity index (χ1v) is 6.50. The lowest BCUT2D eigenvalue weighted by Gasteiger charge is -2.35. The van der Waals surface area contributed by atoms with Crippen molar-refractivity contribution < 1.29 is 15.1 Å². The van der Waals surface area contributed by atoms with Gasteiger partial charge in [-0.1, -0.05) is 11.2 Å². The number of nitrogens with two attached hydrogens (primary N) is 1. The summed E-state index contributed by atoms with van der Waals surface area (Å²) in [5, 5.41) is 22.1. The van der Waals surface area contributed by atoms with Crippen molar-refractivity contribution in [1.29, 1.82) is 0 Å². The first-order valence-electron chi connectivity index (χ1n) is 6.50. The summed E-state index contributed by atoms with van der Waals surface area (Å²) in [7, 11) is 1.85. The zero-order valence-corrected chi connectivity index (χ0v) is 11.5. The fraction of sp³-hybridized carbons (Fsp3) is 0.538. The highest BCUT2D eigenvalue weighted by atomic mass is 16.5. The lowest BCUT2D eigenvalue weighted by Crippen LogP contribution is -2.46. The third-order valence-corrected chi connectivity index (χ3v) is 3.45. The van der Waals surface area contributed by atoms with Crippen molar-refractivity contribution in [2.75, 3.05) is 31.7 Å². The summed E-state index contributed by atoms with van der Waals surface area (Å²) in [4.78, 5) is 6.17. The normalized spacial score (nSPS) is 18.8. The van der Waals surface area contributed by atoms with Crippen LogP contribution in [0.5, 0.6) is 0 Å². The van der Waals surface area contributed by atoms with Gasteiger partial charge in [0.05, 0.1) is 5.60 Å². The second kappa shape index (κ2) is 6.06. The molecule has 1 fully saturated rings. The first kappa shape index (κ1) is 14.5. The molecule has 0 saturated carbocycles. The van der Waals surface area contributed by atoms with Gasteiger partial charge >= 0.3 is 0 Å². The molecule has 0 bridgehead atoms. The van der Waals surface area contributed by atoms with Gasteiger partial charge in [0.15, 0.2) is 5.84 Å². The number of aliphatic hydroxyl groups is 1. The van der Waals surface area contributed by atoms with Gasteiger partial charge < -0.3 is 25.7 Å². The van der Waals surface area contributed by atoms with Crippen LogP contribution < -0.4 is 10.6 Å². The molecule has 1 aromatic rings. The average molecular weight is 280 g/mol. The molecule has 0 unspecified atom stereocenters. The summed E-state index contributed by atoms with van der Waals surface area (Å²) in [5.74, 6) is 0.624. The fourth-order valence-electron chi connectivity index (χ4n) is 2.26. The molecule has 4 N–H and O–H groups in total. The minimum Gasteiger partial charge on any atom is -0.409 e. The van der Waals surface area contributed by atoms with Crippen LogP contribution in [0.3, 0.4) is 0 Å². The van der Waals surface area contributed by atoms with Crippen molar-refractivity contribution in [2.45, 2.75) is 18.4 Å². The third kappa shape index (κ3) is 3.37. The van der Waals surface area contributed by atoms with Gasteiger partial charge in [-0.15, -0.1) is 0 Å². The Kier molecular flexibility index (Phi) is 4.41. The molecule has 0 aromatic carbocycles. The topological polar surface area (TPSA) is 104 Å². The molecule has 0 spiro atoms. The standard InChI is InChI=1S/C13H20N4O3/c1-17(9-13(18)5-7-20-8-6-13)11-4-2-3-10(15-11)12(14)16-19/h2-4,18-19H,5-9H2,1H3,(H2,14,16). The van der Waals surface area contributed by atoms with Crippen LogP contribution in [0.15, 0.2) is 23.4 Å². The van der Waals surface area contributed by atoms with Crippen LogP contribution in [-0.2, 0) is 4.74 Å². The monoisotopic (exact) mass is 280 g/mol. The van der Waals surface area contributed by atoms with E-state index in [1.165, 1.54) is 0 Å². The van der Waals surface area contributed by atoms with Crippen molar-refractivity contribution in [3.8, 4) is 0 Å². The SMILES string of the molecule is CN(CC1(O)CCOCC1)c1cccc(/C(N)=N/O)n1. The number of hydrogen-bond donors (Lipinski definition) is 3. The summed E-state index contributed by atoms with van der Waals surface area (Å²) in [5.41, 5.74) is 5.16. The Morgan fingerprint density at radius 1 is 1.50 bits per heavy atom. The van der Waals surface area contributed by atoms with Crippen LogP contribution in [0.25, 0.3) is 0 Å². The number of likely N-dealkylation sites (N-methyl/N-ethyl adjacent to an activating group) is 1. The Labute approximate surface area is 117 Å². The van der Waals surface area contributed by atoms with E-state index in [9.17, 15) is 5.11 Å². The maximum absolute atomic E-state index is 10.5. The van der Waals surface area contributed by atoms with Crippen LogP contribution in [0.2, 0.25) is 0 Å². The highest BCUT2D eigenvalue weighted by Crippen LogP contribution is 2.23. The van der Waals surface area contributed by atoms with E-state index in [4.69, 9.17) is 15.7 Å². The van der Waals surface area contributed by atoms with Gasteiger partial charge in [-0.05, 0) is 12.1 Å². The number of ether oxygens (including phenoxy) is 1. The quantitative estimate of drug-likeness (QED) is 0.314. The lowest BCUT2D eigenvalue weighted by atomic mass is 9.94. The number of hydrogen-bond acceptors (Lipinski definition) is 6. The molecule has 0 radical (unpaired) electrons. The second-order valence-electron chi connectivity index (χ2n) is 5.06. The van der Waals surface area contributed by atoms with Gasteiger partial charge in [-0.3, -0.25) is 0 Å². The molecule has 7 heteroatoms. The fourth-order valence-corrected chi connectivity index (χ4v) is 2.26. The van der Waals surface area contributed by atoms with Crippen LogP contribution in [0.1, 0.15) is 18.5 Å². The van der Waals surface area contributed by atoms with Gasteiger partial charge in [-0.25, -0.2) is 4.98 Å². The molecule has 1 aliphatic rings. The molecular weight excluding hydrogens is 260 g/mol. The summed E-state index contributed by atoms with van der Waals surface area (Å²) in [6.45, 7) is 1.60. The number of pyridine rings is 1. The Balaban J connectivity index is 2.10. The van der Waals surface area contributed by atoms with E-state index in [1.807, 2.05) is 18.0 Å². The Hall–Kier alpha value is -1.86. The van der Waals surface area contributed by atoms with Crippen LogP contribution in [-0.4, -0.2) is 53.5 Å². The number of nitrogens with zero attached hydrogens (tertiary/aromatic N) is 3. The van der Waals surface area contributed by atoms with E-state index in [0.717, 1.165) is 0 Å². The van der Waals surface area contributed by atoms with Gasteiger partial charge in [0.1, 0.15) is 11.5 Å². The average Bonchev–Trinajstić information content (AvgIpc) is 2.47. The van der Waals surface area contributed by atoms with Crippen molar-refractivity contribution in [2.24, 2.45) is 10.9 Å². The molecule has 2 rings (SSSR count). The molecule has 0 atom stereocenters. The molecule has 0 amide bonds. The van der Waals surface area contributed by atoms with Crippen molar-refractivity contribution >= 4 is 11.7 Å². The predicted octanol–water partition coefficient (Wildman–Crippen LogP) is 0.154. The molecule has 110 valence electrons. The molecule has 2 heterocycles. The minimum absolute atomic E-state index is 0.0370. The number of oxime groups is 1. The minimum atomic E-state index is -0.763. The van der Waals surface area contributed by atoms with Crippen LogP contribution in [0, 0.1) is 0 Å². The Bertz CT molecular complexity index is 486. The number of rotatable bonds is 4. The summed E-state index contributed by atoms with van der Waals surface area (Å²) in [6, 6.07) is 5.26. The maximum Gasteiger partial charge on any atom is 0.188 e. The zero-order chi connectivity index (χ0) is 14.6. The summed E-state index contributed by atoms with van der Waals surface area (Å²) >= 11 is 0. The molecule has 1 aromatic heterocycles. The van der Waals surface area contributed by atoms with E-state index >= 15 is 0 Å². The van der Waals surface area contributed by atoms with Gasteiger partial charge in [-0.2, -0.15) is 0 Å². The van der Waals surface area contributed by atoms with Crippen LogP contribution >= 0.6 is 0 Å². The molecule has 1 aliphatic heterocycles. The number of anilines is 1. The zero-order valence-electron chi connectivity index (χ0n) is 11.5. The Morgan fingerprint density at radius 3 is 2.85 bits per heavy atom. The van der Waals surface area contributed by atoms with E-state index in [2.05, 4.69) is 10.1 Å². The Morgan fingerprint density at radius 2 is 2.20 bits per heavy atom. The van der Waals surface area contributed by atoms with E-state index in [0.29, 0.717) is 44.1 Å². The molecule has 20 heavy (non-hydrogen) atoms.